The normalized spacial score (nSPS) is 14.3. The van der Waals surface area contributed by atoms with Crippen molar-refractivity contribution in [3.63, 3.8) is 0 Å². The molecule has 18 heavy (non-hydrogen) atoms. The van der Waals surface area contributed by atoms with Gasteiger partial charge < -0.3 is 14.6 Å². The highest BCUT2D eigenvalue weighted by Crippen LogP contribution is 2.30. The first kappa shape index (κ1) is 11.6. The third-order valence-corrected chi connectivity index (χ3v) is 3.46. The lowest BCUT2D eigenvalue weighted by molar-refractivity contribution is 0.415. The molecule has 1 aromatic carbocycles. The first-order valence-corrected chi connectivity index (χ1v) is 6.26. The van der Waals surface area contributed by atoms with Gasteiger partial charge in [-0.25, -0.2) is 4.98 Å². The third kappa shape index (κ3) is 1.87. The van der Waals surface area contributed by atoms with Gasteiger partial charge in [0.25, 0.3) is 0 Å². The Labute approximate surface area is 111 Å². The molecule has 1 aromatic heterocycles. The summed E-state index contributed by atoms with van der Waals surface area (Å²) in [4.78, 5) is 4.49. The summed E-state index contributed by atoms with van der Waals surface area (Å²) in [7, 11) is 1.62. The Bertz CT molecular complexity index is 580. The maximum Gasteiger partial charge on any atom is 0.140 e. The van der Waals surface area contributed by atoms with Crippen LogP contribution in [0.5, 0.6) is 5.75 Å². The third-order valence-electron chi connectivity index (χ3n) is 3.17. The van der Waals surface area contributed by atoms with Gasteiger partial charge in [-0.05, 0) is 18.2 Å². The summed E-state index contributed by atoms with van der Waals surface area (Å²) >= 11 is 6.16. The summed E-state index contributed by atoms with van der Waals surface area (Å²) in [6, 6.07) is 5.76. The Kier molecular flexibility index (Phi) is 2.97. The molecule has 0 fully saturated rings. The number of imidazole rings is 1. The van der Waals surface area contributed by atoms with Crippen LogP contribution in [0.1, 0.15) is 5.69 Å². The van der Waals surface area contributed by atoms with Crippen LogP contribution in [0.15, 0.2) is 24.4 Å². The van der Waals surface area contributed by atoms with Crippen LogP contribution in [0.2, 0.25) is 5.02 Å². The predicted octanol–water partition coefficient (Wildman–Crippen LogP) is 2.32. The highest BCUT2D eigenvalue weighted by atomic mass is 35.5. The zero-order valence-electron chi connectivity index (χ0n) is 10.1. The van der Waals surface area contributed by atoms with Gasteiger partial charge in [0.05, 0.1) is 24.0 Å². The van der Waals surface area contributed by atoms with E-state index < -0.39 is 0 Å². The number of nitrogens with one attached hydrogen (secondary N) is 1. The molecule has 0 atom stereocenters. The molecule has 0 aliphatic carbocycles. The van der Waals surface area contributed by atoms with Crippen LogP contribution in [-0.4, -0.2) is 23.2 Å². The Morgan fingerprint density at radius 2 is 2.33 bits per heavy atom. The number of ether oxygens (including phenoxy) is 1. The molecule has 0 saturated heterocycles. The fourth-order valence-electron chi connectivity index (χ4n) is 2.24. The summed E-state index contributed by atoms with van der Waals surface area (Å²) in [5.41, 5.74) is 2.23. The van der Waals surface area contributed by atoms with Gasteiger partial charge in [-0.15, -0.1) is 0 Å². The molecule has 0 bridgehead atoms. The van der Waals surface area contributed by atoms with Gasteiger partial charge in [0, 0.05) is 25.2 Å². The molecule has 4 nitrogen and oxygen atoms in total. The van der Waals surface area contributed by atoms with E-state index in [0.29, 0.717) is 10.8 Å². The molecule has 2 heterocycles. The van der Waals surface area contributed by atoms with Gasteiger partial charge in [0.1, 0.15) is 11.6 Å². The highest BCUT2D eigenvalue weighted by molar-refractivity contribution is 6.32. The molecule has 1 aliphatic rings. The summed E-state index contributed by atoms with van der Waals surface area (Å²) in [5.74, 6) is 1.66. The molecule has 3 rings (SSSR count). The topological polar surface area (TPSA) is 39.1 Å². The van der Waals surface area contributed by atoms with Crippen LogP contribution in [0.25, 0.3) is 11.4 Å². The second-order valence-electron chi connectivity index (χ2n) is 4.25. The monoisotopic (exact) mass is 263 g/mol. The minimum atomic E-state index is 0.612. The van der Waals surface area contributed by atoms with E-state index in [1.165, 1.54) is 5.69 Å². The Hall–Kier alpha value is -1.52. The zero-order valence-corrected chi connectivity index (χ0v) is 10.9. The largest absolute Gasteiger partial charge is 0.495 e. The lowest BCUT2D eigenvalue weighted by Crippen LogP contribution is -2.27. The van der Waals surface area contributed by atoms with Crippen LogP contribution in [0.4, 0.5) is 0 Å². The maximum atomic E-state index is 6.16. The summed E-state index contributed by atoms with van der Waals surface area (Å²) in [5, 5.41) is 3.94. The molecule has 0 radical (unpaired) electrons. The number of methoxy groups -OCH3 is 1. The number of hydrogen-bond donors (Lipinski definition) is 1. The molecule has 94 valence electrons. The lowest BCUT2D eigenvalue weighted by atomic mass is 10.2. The van der Waals surface area contributed by atoms with E-state index in [2.05, 4.69) is 14.9 Å². The van der Waals surface area contributed by atoms with E-state index in [9.17, 15) is 0 Å². The average molecular weight is 264 g/mol. The molecule has 0 spiro atoms. The van der Waals surface area contributed by atoms with Gasteiger partial charge in [0.15, 0.2) is 0 Å². The number of hydrogen-bond acceptors (Lipinski definition) is 3. The molecular formula is C13H14ClN3O. The van der Waals surface area contributed by atoms with Gasteiger partial charge >= 0.3 is 0 Å². The first-order chi connectivity index (χ1) is 8.79. The molecule has 1 N–H and O–H groups in total. The highest BCUT2D eigenvalue weighted by Gasteiger charge is 2.15. The van der Waals surface area contributed by atoms with Crippen LogP contribution >= 0.6 is 11.6 Å². The number of rotatable bonds is 2. The average Bonchev–Trinajstić information content (AvgIpc) is 2.82. The summed E-state index contributed by atoms with van der Waals surface area (Å²) < 4.78 is 7.39. The molecule has 0 unspecified atom stereocenters. The van der Waals surface area contributed by atoms with Crippen molar-refractivity contribution >= 4 is 11.6 Å². The second-order valence-corrected chi connectivity index (χ2v) is 4.66. The van der Waals surface area contributed by atoms with Gasteiger partial charge in [-0.2, -0.15) is 0 Å². The number of aromatic nitrogens is 2. The van der Waals surface area contributed by atoms with Crippen LogP contribution in [0.3, 0.4) is 0 Å². The quantitative estimate of drug-likeness (QED) is 0.904. The maximum absolute atomic E-state index is 6.16. The SMILES string of the molecule is COc1ccc(-c2ncc3n2CCNC3)cc1Cl. The van der Waals surface area contributed by atoms with E-state index in [0.717, 1.165) is 31.0 Å². The fourth-order valence-corrected chi connectivity index (χ4v) is 2.50. The van der Waals surface area contributed by atoms with Gasteiger partial charge in [0.2, 0.25) is 0 Å². The van der Waals surface area contributed by atoms with E-state index >= 15 is 0 Å². The predicted molar refractivity (Wildman–Crippen MR) is 70.9 cm³/mol. The molecule has 2 aromatic rings. The number of nitrogens with zero attached hydrogens (tertiary/aromatic N) is 2. The minimum Gasteiger partial charge on any atom is -0.495 e. The minimum absolute atomic E-state index is 0.612. The van der Waals surface area contributed by atoms with Crippen LogP contribution in [0, 0.1) is 0 Å². The van der Waals surface area contributed by atoms with Crippen molar-refractivity contribution in [3.8, 4) is 17.1 Å². The van der Waals surface area contributed by atoms with E-state index in [1.807, 2.05) is 24.4 Å². The Morgan fingerprint density at radius 1 is 1.44 bits per heavy atom. The van der Waals surface area contributed by atoms with Crippen molar-refractivity contribution in [2.75, 3.05) is 13.7 Å². The second kappa shape index (κ2) is 4.63. The van der Waals surface area contributed by atoms with E-state index in [1.54, 1.807) is 7.11 Å². The number of halogens is 1. The summed E-state index contributed by atoms with van der Waals surface area (Å²) in [6.07, 6.45) is 1.92. The first-order valence-electron chi connectivity index (χ1n) is 5.88. The van der Waals surface area contributed by atoms with Gasteiger partial charge in [-0.1, -0.05) is 11.6 Å². The van der Waals surface area contributed by atoms with Crippen molar-refractivity contribution < 1.29 is 4.74 Å². The van der Waals surface area contributed by atoms with Crippen LogP contribution < -0.4 is 10.1 Å². The van der Waals surface area contributed by atoms with Crippen molar-refractivity contribution in [1.29, 1.82) is 0 Å². The van der Waals surface area contributed by atoms with Crippen LogP contribution in [-0.2, 0) is 13.1 Å². The Morgan fingerprint density at radius 3 is 3.11 bits per heavy atom. The lowest BCUT2D eigenvalue weighted by Gasteiger charge is -2.18. The molecule has 5 heteroatoms. The molecule has 1 aliphatic heterocycles. The van der Waals surface area contributed by atoms with E-state index in [-0.39, 0.29) is 0 Å². The number of fused-ring (bicyclic) bond motifs is 1. The van der Waals surface area contributed by atoms with Gasteiger partial charge in [-0.3, -0.25) is 0 Å². The smallest absolute Gasteiger partial charge is 0.140 e. The molecule has 0 amide bonds. The standard InChI is InChI=1S/C13H14ClN3O/c1-18-12-3-2-9(6-11(12)14)13-16-8-10-7-15-4-5-17(10)13/h2-3,6,8,15H,4-5,7H2,1H3. The van der Waals surface area contributed by atoms with Crippen molar-refractivity contribution in [1.82, 2.24) is 14.9 Å². The van der Waals surface area contributed by atoms with Crippen molar-refractivity contribution in [3.05, 3.63) is 35.1 Å². The molecule has 0 saturated carbocycles. The van der Waals surface area contributed by atoms with E-state index in [4.69, 9.17) is 16.3 Å². The van der Waals surface area contributed by atoms with Crippen molar-refractivity contribution in [2.45, 2.75) is 13.1 Å². The van der Waals surface area contributed by atoms with Crippen molar-refractivity contribution in [2.24, 2.45) is 0 Å². The Balaban J connectivity index is 2.04. The fraction of sp³-hybridized carbons (Fsp3) is 0.308. The molecular weight excluding hydrogens is 250 g/mol. The number of benzene rings is 1. The summed E-state index contributed by atoms with van der Waals surface area (Å²) in [6.45, 7) is 2.78. The zero-order chi connectivity index (χ0) is 12.5.